The molecule has 1 aliphatic heterocycles. The van der Waals surface area contributed by atoms with E-state index in [1.807, 2.05) is 0 Å². The van der Waals surface area contributed by atoms with Crippen LogP contribution in [-0.2, 0) is 4.74 Å². The first-order chi connectivity index (χ1) is 4.81. The second-order valence-electron chi connectivity index (χ2n) is 3.59. The summed E-state index contributed by atoms with van der Waals surface area (Å²) in [6.45, 7) is 0.934. The van der Waals surface area contributed by atoms with Crippen LogP contribution in [0.4, 0.5) is 0 Å². The molecule has 2 nitrogen and oxygen atoms in total. The van der Waals surface area contributed by atoms with Crippen molar-refractivity contribution < 1.29 is 4.74 Å². The molecule has 0 aromatic carbocycles. The van der Waals surface area contributed by atoms with Crippen LogP contribution in [0.3, 0.4) is 0 Å². The highest BCUT2D eigenvalue weighted by Crippen LogP contribution is 2.37. The van der Waals surface area contributed by atoms with E-state index in [9.17, 15) is 0 Å². The van der Waals surface area contributed by atoms with Crippen LogP contribution in [0, 0.1) is 0 Å². The monoisotopic (exact) mass is 177 g/mol. The zero-order valence-corrected chi connectivity index (χ0v) is 7.53. The number of hydrogen-bond donors (Lipinski definition) is 1. The topological polar surface area (TPSA) is 35.2 Å². The van der Waals surface area contributed by atoms with Crippen molar-refractivity contribution >= 4 is 12.4 Å². The van der Waals surface area contributed by atoms with Crippen LogP contribution in [0.5, 0.6) is 0 Å². The minimum atomic E-state index is 0. The Morgan fingerprint density at radius 1 is 1.27 bits per heavy atom. The van der Waals surface area contributed by atoms with E-state index in [0.29, 0.717) is 6.10 Å². The molecule has 2 rings (SSSR count). The van der Waals surface area contributed by atoms with Crippen LogP contribution in [0.15, 0.2) is 0 Å². The van der Waals surface area contributed by atoms with Gasteiger partial charge in [0.2, 0.25) is 0 Å². The predicted octanol–water partition coefficient (Wildman–Crippen LogP) is 1.47. The molecule has 1 saturated heterocycles. The quantitative estimate of drug-likeness (QED) is 0.659. The number of rotatable bonds is 1. The fourth-order valence-corrected chi connectivity index (χ4v) is 1.94. The summed E-state index contributed by atoms with van der Waals surface area (Å²) in [4.78, 5) is 0. The molecule has 0 aromatic heterocycles. The van der Waals surface area contributed by atoms with Gasteiger partial charge in [0.05, 0.1) is 6.10 Å². The van der Waals surface area contributed by atoms with Crippen LogP contribution in [-0.4, -0.2) is 18.2 Å². The maximum atomic E-state index is 6.08. The van der Waals surface area contributed by atoms with E-state index < -0.39 is 0 Å². The average molecular weight is 178 g/mol. The molecule has 3 heteroatoms. The predicted molar refractivity (Wildman–Crippen MR) is 47.0 cm³/mol. The minimum Gasteiger partial charge on any atom is -0.376 e. The van der Waals surface area contributed by atoms with Gasteiger partial charge in [-0.05, 0) is 32.1 Å². The van der Waals surface area contributed by atoms with Crippen molar-refractivity contribution in [3.8, 4) is 0 Å². The zero-order chi connectivity index (χ0) is 7.03. The third-order valence-electron chi connectivity index (χ3n) is 2.86. The van der Waals surface area contributed by atoms with Gasteiger partial charge in [-0.15, -0.1) is 12.4 Å². The van der Waals surface area contributed by atoms with Gasteiger partial charge < -0.3 is 10.5 Å². The van der Waals surface area contributed by atoms with Crippen molar-refractivity contribution in [1.29, 1.82) is 0 Å². The lowest BCUT2D eigenvalue weighted by molar-refractivity contribution is 0.00916. The molecule has 0 aromatic rings. The van der Waals surface area contributed by atoms with Crippen molar-refractivity contribution in [3.63, 3.8) is 0 Å². The first kappa shape index (κ1) is 9.30. The number of nitrogens with two attached hydrogens (primary N) is 1. The highest BCUT2D eigenvalue weighted by Gasteiger charge is 2.42. The van der Waals surface area contributed by atoms with E-state index in [4.69, 9.17) is 10.5 Å². The lowest BCUT2D eigenvalue weighted by Gasteiger charge is -2.42. The first-order valence-corrected chi connectivity index (χ1v) is 4.22. The molecule has 2 N–H and O–H groups in total. The molecule has 0 amide bonds. The van der Waals surface area contributed by atoms with Crippen molar-refractivity contribution in [3.05, 3.63) is 0 Å². The molecule has 0 spiro atoms. The van der Waals surface area contributed by atoms with Gasteiger partial charge in [-0.1, -0.05) is 0 Å². The Kier molecular flexibility index (Phi) is 2.79. The van der Waals surface area contributed by atoms with Gasteiger partial charge in [0.1, 0.15) is 0 Å². The van der Waals surface area contributed by atoms with Crippen LogP contribution in [0.25, 0.3) is 0 Å². The van der Waals surface area contributed by atoms with Gasteiger partial charge in [-0.3, -0.25) is 0 Å². The highest BCUT2D eigenvalue weighted by atomic mass is 35.5. The Balaban J connectivity index is 0.000000605. The number of ether oxygens (including phenoxy) is 1. The molecule has 66 valence electrons. The summed E-state index contributed by atoms with van der Waals surface area (Å²) < 4.78 is 5.53. The van der Waals surface area contributed by atoms with E-state index in [1.54, 1.807) is 0 Å². The SMILES string of the molecule is Cl.NC1(C2CCCO2)CCC1. The Morgan fingerprint density at radius 3 is 2.36 bits per heavy atom. The van der Waals surface area contributed by atoms with Gasteiger partial charge >= 0.3 is 0 Å². The molecule has 0 bridgehead atoms. The largest absolute Gasteiger partial charge is 0.376 e. The highest BCUT2D eigenvalue weighted by molar-refractivity contribution is 5.85. The van der Waals surface area contributed by atoms with Crippen LogP contribution in [0.2, 0.25) is 0 Å². The maximum absolute atomic E-state index is 6.08. The third kappa shape index (κ3) is 1.53. The molecule has 1 saturated carbocycles. The molecular formula is C8H16ClNO. The molecular weight excluding hydrogens is 162 g/mol. The summed E-state index contributed by atoms with van der Waals surface area (Å²) >= 11 is 0. The molecule has 1 heterocycles. The summed E-state index contributed by atoms with van der Waals surface area (Å²) in [7, 11) is 0. The van der Waals surface area contributed by atoms with Crippen molar-refractivity contribution in [2.45, 2.75) is 43.7 Å². The molecule has 11 heavy (non-hydrogen) atoms. The van der Waals surface area contributed by atoms with Crippen molar-refractivity contribution in [2.75, 3.05) is 6.61 Å². The lowest BCUT2D eigenvalue weighted by atomic mass is 9.73. The zero-order valence-electron chi connectivity index (χ0n) is 6.71. The normalized spacial score (nSPS) is 34.1. The van der Waals surface area contributed by atoms with E-state index >= 15 is 0 Å². The summed E-state index contributed by atoms with van der Waals surface area (Å²) in [6, 6.07) is 0. The smallest absolute Gasteiger partial charge is 0.0755 e. The fourth-order valence-electron chi connectivity index (χ4n) is 1.94. The number of halogens is 1. The lowest BCUT2D eigenvalue weighted by Crippen LogP contribution is -2.55. The van der Waals surface area contributed by atoms with E-state index in [0.717, 1.165) is 6.61 Å². The molecule has 1 aliphatic carbocycles. The molecule has 0 radical (unpaired) electrons. The van der Waals surface area contributed by atoms with Crippen LogP contribution < -0.4 is 5.73 Å². The van der Waals surface area contributed by atoms with Gasteiger partial charge in [0.25, 0.3) is 0 Å². The second kappa shape index (κ2) is 3.30. The van der Waals surface area contributed by atoms with Crippen molar-refractivity contribution in [1.82, 2.24) is 0 Å². The summed E-state index contributed by atoms with van der Waals surface area (Å²) in [5.41, 5.74) is 6.16. The second-order valence-corrected chi connectivity index (χ2v) is 3.59. The van der Waals surface area contributed by atoms with Gasteiger partial charge in [0.15, 0.2) is 0 Å². The van der Waals surface area contributed by atoms with Crippen LogP contribution in [0.1, 0.15) is 32.1 Å². The Morgan fingerprint density at radius 2 is 2.00 bits per heavy atom. The molecule has 1 unspecified atom stereocenters. The van der Waals surface area contributed by atoms with Gasteiger partial charge in [-0.25, -0.2) is 0 Å². The Labute approximate surface area is 73.9 Å². The van der Waals surface area contributed by atoms with Crippen LogP contribution >= 0.6 is 12.4 Å². The Hall–Kier alpha value is 0.210. The third-order valence-corrected chi connectivity index (χ3v) is 2.86. The summed E-state index contributed by atoms with van der Waals surface area (Å²) in [6.07, 6.45) is 6.45. The number of hydrogen-bond acceptors (Lipinski definition) is 2. The molecule has 2 fully saturated rings. The fraction of sp³-hybridized carbons (Fsp3) is 1.00. The van der Waals surface area contributed by atoms with E-state index in [2.05, 4.69) is 0 Å². The summed E-state index contributed by atoms with van der Waals surface area (Å²) in [5.74, 6) is 0. The Bertz CT molecular complexity index is 130. The van der Waals surface area contributed by atoms with E-state index in [1.165, 1.54) is 32.1 Å². The van der Waals surface area contributed by atoms with Gasteiger partial charge in [-0.2, -0.15) is 0 Å². The van der Waals surface area contributed by atoms with Crippen molar-refractivity contribution in [2.24, 2.45) is 5.73 Å². The maximum Gasteiger partial charge on any atom is 0.0755 e. The average Bonchev–Trinajstić information content (AvgIpc) is 2.33. The van der Waals surface area contributed by atoms with Gasteiger partial charge in [0, 0.05) is 12.1 Å². The standard InChI is InChI=1S/C8H15NO.ClH/c9-8(4-2-5-8)7-3-1-6-10-7;/h7H,1-6,9H2;1H. The molecule has 2 aliphatic rings. The summed E-state index contributed by atoms with van der Waals surface area (Å²) in [5, 5.41) is 0. The first-order valence-electron chi connectivity index (χ1n) is 4.22. The minimum absolute atomic E-state index is 0. The van der Waals surface area contributed by atoms with E-state index in [-0.39, 0.29) is 17.9 Å². The molecule has 1 atom stereocenters.